The molecule has 2 heterocycles. The minimum atomic E-state index is -0.353. The van der Waals surface area contributed by atoms with Crippen LogP contribution in [0, 0.1) is 11.7 Å². The largest absolute Gasteiger partial charge is 0.309 e. The lowest BCUT2D eigenvalue weighted by Gasteiger charge is -2.25. The molecule has 1 aliphatic rings. The highest BCUT2D eigenvalue weighted by molar-refractivity contribution is 6.30. The predicted molar refractivity (Wildman–Crippen MR) is 89.8 cm³/mol. The maximum Gasteiger partial charge on any atom is 0.142 e. The highest BCUT2D eigenvalue weighted by Crippen LogP contribution is 2.21. The molecule has 0 fully saturated rings. The number of rotatable bonds is 4. The van der Waals surface area contributed by atoms with Crippen LogP contribution in [0.2, 0.25) is 5.02 Å². The number of benzene rings is 1. The molecule has 124 valence electrons. The van der Waals surface area contributed by atoms with Gasteiger partial charge in [-0.05, 0) is 37.9 Å². The summed E-state index contributed by atoms with van der Waals surface area (Å²) in [4.78, 5) is 4.57. The van der Waals surface area contributed by atoms with Crippen LogP contribution in [0.5, 0.6) is 0 Å². The van der Waals surface area contributed by atoms with Crippen molar-refractivity contribution >= 4 is 11.6 Å². The van der Waals surface area contributed by atoms with Crippen molar-refractivity contribution in [1.82, 2.24) is 19.6 Å². The smallest absolute Gasteiger partial charge is 0.142 e. The molecule has 23 heavy (non-hydrogen) atoms. The van der Waals surface area contributed by atoms with E-state index >= 15 is 0 Å². The summed E-state index contributed by atoms with van der Waals surface area (Å²) >= 11 is 5.78. The van der Waals surface area contributed by atoms with Crippen molar-refractivity contribution in [2.24, 2.45) is 5.92 Å². The van der Waals surface area contributed by atoms with Gasteiger partial charge in [0, 0.05) is 44.8 Å². The zero-order valence-corrected chi connectivity index (χ0v) is 14.3. The Kier molecular flexibility index (Phi) is 4.99. The van der Waals surface area contributed by atoms with E-state index in [4.69, 9.17) is 11.6 Å². The van der Waals surface area contributed by atoms with Gasteiger partial charge in [0.2, 0.25) is 0 Å². The van der Waals surface area contributed by atoms with Crippen LogP contribution in [0.3, 0.4) is 0 Å². The number of nitrogens with zero attached hydrogens (tertiary/aromatic N) is 4. The minimum absolute atomic E-state index is 0.174. The molecule has 1 aromatic carbocycles. The van der Waals surface area contributed by atoms with Gasteiger partial charge in [0.15, 0.2) is 0 Å². The molecule has 0 spiro atoms. The molecular weight excluding hydrogens is 315 g/mol. The standard InChI is InChI=1S/C17H22ClFN4/c1-21(2)8-14-10-22(12-15-5-6-20-23(15)11-14)9-13-3-4-16(18)17(19)7-13/h3-7,14H,8-12H2,1-2H3/t14-/m1/s1. The number of hydrogen-bond acceptors (Lipinski definition) is 3. The van der Waals surface area contributed by atoms with Gasteiger partial charge >= 0.3 is 0 Å². The lowest BCUT2D eigenvalue weighted by atomic mass is 10.1. The van der Waals surface area contributed by atoms with Crippen molar-refractivity contribution in [3.8, 4) is 0 Å². The third-order valence-electron chi connectivity index (χ3n) is 4.15. The maximum atomic E-state index is 13.7. The van der Waals surface area contributed by atoms with Crippen LogP contribution in [0.4, 0.5) is 4.39 Å². The summed E-state index contributed by atoms with van der Waals surface area (Å²) in [6.07, 6.45) is 1.85. The van der Waals surface area contributed by atoms with E-state index < -0.39 is 0 Å². The zero-order valence-electron chi connectivity index (χ0n) is 13.5. The first-order valence-electron chi connectivity index (χ1n) is 7.83. The predicted octanol–water partition coefficient (Wildman–Crippen LogP) is 2.87. The summed E-state index contributed by atoms with van der Waals surface area (Å²) in [7, 11) is 4.18. The summed E-state index contributed by atoms with van der Waals surface area (Å²) < 4.78 is 15.8. The third-order valence-corrected chi connectivity index (χ3v) is 4.46. The van der Waals surface area contributed by atoms with Gasteiger partial charge in [-0.1, -0.05) is 17.7 Å². The molecule has 0 unspecified atom stereocenters. The van der Waals surface area contributed by atoms with Gasteiger partial charge in [0.05, 0.1) is 10.7 Å². The average molecular weight is 337 g/mol. The summed E-state index contributed by atoms with van der Waals surface area (Å²) in [6.45, 7) is 4.43. The molecule has 4 nitrogen and oxygen atoms in total. The van der Waals surface area contributed by atoms with E-state index in [1.807, 2.05) is 12.3 Å². The van der Waals surface area contributed by atoms with Crippen molar-refractivity contribution in [3.05, 3.63) is 52.6 Å². The van der Waals surface area contributed by atoms with Gasteiger partial charge in [-0.15, -0.1) is 0 Å². The van der Waals surface area contributed by atoms with Crippen LogP contribution in [-0.4, -0.2) is 46.8 Å². The maximum absolute atomic E-state index is 13.7. The molecule has 0 saturated heterocycles. The topological polar surface area (TPSA) is 24.3 Å². The van der Waals surface area contributed by atoms with Crippen LogP contribution >= 0.6 is 11.6 Å². The van der Waals surface area contributed by atoms with E-state index in [-0.39, 0.29) is 10.8 Å². The fraction of sp³-hybridized carbons (Fsp3) is 0.471. The summed E-state index contributed by atoms with van der Waals surface area (Å²) in [6, 6.07) is 7.12. The van der Waals surface area contributed by atoms with Crippen LogP contribution in [-0.2, 0) is 19.6 Å². The first-order valence-corrected chi connectivity index (χ1v) is 8.21. The fourth-order valence-electron chi connectivity index (χ4n) is 3.27. The highest BCUT2D eigenvalue weighted by Gasteiger charge is 2.23. The second-order valence-corrected chi connectivity index (χ2v) is 6.96. The van der Waals surface area contributed by atoms with E-state index in [0.717, 1.165) is 31.7 Å². The minimum Gasteiger partial charge on any atom is -0.309 e. The molecule has 1 aliphatic heterocycles. The van der Waals surface area contributed by atoms with Crippen molar-refractivity contribution in [2.45, 2.75) is 19.6 Å². The molecule has 0 N–H and O–H groups in total. The molecule has 1 aromatic heterocycles. The lowest BCUT2D eigenvalue weighted by Crippen LogP contribution is -2.33. The number of hydrogen-bond donors (Lipinski definition) is 0. The van der Waals surface area contributed by atoms with Gasteiger partial charge in [0.25, 0.3) is 0 Å². The normalized spacial score (nSPS) is 18.9. The van der Waals surface area contributed by atoms with Crippen LogP contribution in [0.25, 0.3) is 0 Å². The molecule has 0 saturated carbocycles. The summed E-state index contributed by atoms with van der Waals surface area (Å²) in [5.41, 5.74) is 2.16. The number of aromatic nitrogens is 2. The van der Waals surface area contributed by atoms with Gasteiger partial charge in [-0.2, -0.15) is 5.10 Å². The van der Waals surface area contributed by atoms with Gasteiger partial charge in [-0.3, -0.25) is 9.58 Å². The quantitative estimate of drug-likeness (QED) is 0.858. The Labute approximate surface area is 141 Å². The van der Waals surface area contributed by atoms with Gasteiger partial charge < -0.3 is 4.90 Å². The monoisotopic (exact) mass is 336 g/mol. The first-order chi connectivity index (χ1) is 11.0. The Morgan fingerprint density at radius 2 is 2.13 bits per heavy atom. The summed E-state index contributed by atoms with van der Waals surface area (Å²) in [5.74, 6) is 0.136. The molecule has 2 aromatic rings. The Balaban J connectivity index is 1.78. The van der Waals surface area contributed by atoms with Crippen molar-refractivity contribution < 1.29 is 4.39 Å². The highest BCUT2D eigenvalue weighted by atomic mass is 35.5. The van der Waals surface area contributed by atoms with Crippen LogP contribution in [0.1, 0.15) is 11.3 Å². The van der Waals surface area contributed by atoms with Gasteiger partial charge in [0.1, 0.15) is 5.82 Å². The number of fused-ring (bicyclic) bond motifs is 1. The Hall–Kier alpha value is -1.43. The van der Waals surface area contributed by atoms with E-state index in [1.165, 1.54) is 11.8 Å². The van der Waals surface area contributed by atoms with E-state index in [1.54, 1.807) is 6.07 Å². The Morgan fingerprint density at radius 1 is 1.30 bits per heavy atom. The Bertz CT molecular complexity index is 670. The third kappa shape index (κ3) is 4.10. The average Bonchev–Trinajstić information content (AvgIpc) is 2.82. The molecule has 1 atom stereocenters. The molecule has 6 heteroatoms. The molecule has 3 rings (SSSR count). The molecule has 0 aliphatic carbocycles. The van der Waals surface area contributed by atoms with E-state index in [9.17, 15) is 4.39 Å². The second kappa shape index (κ2) is 6.99. The SMILES string of the molecule is CN(C)C[C@@H]1CN(Cc2ccc(Cl)c(F)c2)Cc2ccnn2C1. The van der Waals surface area contributed by atoms with Crippen molar-refractivity contribution in [1.29, 1.82) is 0 Å². The van der Waals surface area contributed by atoms with Crippen LogP contribution < -0.4 is 0 Å². The number of halogens is 2. The zero-order chi connectivity index (χ0) is 16.4. The second-order valence-electron chi connectivity index (χ2n) is 6.55. The summed E-state index contributed by atoms with van der Waals surface area (Å²) in [5, 5.41) is 4.61. The Morgan fingerprint density at radius 3 is 2.87 bits per heavy atom. The molecule has 0 radical (unpaired) electrons. The van der Waals surface area contributed by atoms with Crippen molar-refractivity contribution in [2.75, 3.05) is 27.2 Å². The molecule has 0 amide bonds. The molecular formula is C17H22ClFN4. The van der Waals surface area contributed by atoms with E-state index in [0.29, 0.717) is 12.5 Å². The fourth-order valence-corrected chi connectivity index (χ4v) is 3.39. The molecule has 0 bridgehead atoms. The van der Waals surface area contributed by atoms with Crippen molar-refractivity contribution in [3.63, 3.8) is 0 Å². The van der Waals surface area contributed by atoms with Crippen LogP contribution in [0.15, 0.2) is 30.5 Å². The first kappa shape index (κ1) is 16.4. The lowest BCUT2D eigenvalue weighted by molar-refractivity contribution is 0.193. The van der Waals surface area contributed by atoms with Gasteiger partial charge in [-0.25, -0.2) is 4.39 Å². The van der Waals surface area contributed by atoms with E-state index in [2.05, 4.69) is 39.7 Å².